The fourth-order valence-electron chi connectivity index (χ4n) is 8.87. The molecule has 0 bridgehead atoms. The van der Waals surface area contributed by atoms with Gasteiger partial charge in [0, 0.05) is 42.5 Å². The molecular weight excluding hydrogens is 683 g/mol. The molecule has 1 aliphatic carbocycles. The van der Waals surface area contributed by atoms with Crippen LogP contribution in [-0.4, -0.2) is 0 Å². The highest BCUT2D eigenvalue weighted by atomic mass is 32.1. The van der Waals surface area contributed by atoms with E-state index >= 15 is 0 Å². The van der Waals surface area contributed by atoms with E-state index in [9.17, 15) is 0 Å². The van der Waals surface area contributed by atoms with Crippen molar-refractivity contribution in [2.24, 2.45) is 0 Å². The number of nitrogens with zero attached hydrogens (tertiary/aromatic N) is 1. The van der Waals surface area contributed by atoms with E-state index in [2.05, 4.69) is 209 Å². The maximum atomic E-state index is 2.48. The Kier molecular flexibility index (Phi) is 7.67. The highest BCUT2D eigenvalue weighted by molar-refractivity contribution is 7.25. The Labute approximate surface area is 328 Å². The third kappa shape index (κ3) is 5.50. The number of thiophene rings is 1. The zero-order valence-electron chi connectivity index (χ0n) is 32.0. The van der Waals surface area contributed by atoms with Crippen LogP contribution in [0.2, 0.25) is 0 Å². The first-order valence-electron chi connectivity index (χ1n) is 19.3. The summed E-state index contributed by atoms with van der Waals surface area (Å²) in [6.45, 7) is 11.5. The van der Waals surface area contributed by atoms with Gasteiger partial charge in [-0.05, 0) is 109 Å². The van der Waals surface area contributed by atoms with E-state index < -0.39 is 0 Å². The topological polar surface area (TPSA) is 3.24 Å². The van der Waals surface area contributed by atoms with Gasteiger partial charge in [-0.2, -0.15) is 0 Å². The molecule has 1 aliphatic rings. The van der Waals surface area contributed by atoms with Crippen molar-refractivity contribution in [1.29, 1.82) is 0 Å². The van der Waals surface area contributed by atoms with Gasteiger partial charge < -0.3 is 4.90 Å². The summed E-state index contributed by atoms with van der Waals surface area (Å²) >= 11 is 1.87. The summed E-state index contributed by atoms with van der Waals surface area (Å²) in [4.78, 5) is 2.48. The van der Waals surface area contributed by atoms with Crippen molar-refractivity contribution in [2.75, 3.05) is 4.90 Å². The van der Waals surface area contributed by atoms with Crippen molar-refractivity contribution in [3.8, 4) is 33.4 Å². The standard InChI is InChI=1S/C53H43NS/c1-52(2,3)38-24-18-34(19-25-38)35-20-26-39(27-21-35)54(40-28-29-47-44(33-40)42-14-8-10-16-46(42)53(47,4)5)48-30-22-36-12-6-7-13-41(36)51(48)37-23-31-50-45(32-37)43-15-9-11-17-49(43)55-50/h6-33H,1-5H3. The SMILES string of the molecule is CC(C)(C)c1ccc(-c2ccc(N(c3ccc4c(c3)-c3ccccc3C4(C)C)c3ccc4ccccc4c3-c3ccc4sc5ccccc5c4c3)cc2)cc1. The molecule has 0 radical (unpaired) electrons. The third-order valence-electron chi connectivity index (χ3n) is 11.8. The summed E-state index contributed by atoms with van der Waals surface area (Å²) in [5.41, 5.74) is 15.1. The molecule has 0 atom stereocenters. The Hall–Kier alpha value is -5.96. The number of hydrogen-bond donors (Lipinski definition) is 0. The Bertz CT molecular complexity index is 2920. The second-order valence-electron chi connectivity index (χ2n) is 16.6. The van der Waals surface area contributed by atoms with E-state index in [1.54, 1.807) is 0 Å². The lowest BCUT2D eigenvalue weighted by atomic mass is 9.82. The van der Waals surface area contributed by atoms with Crippen LogP contribution in [0.15, 0.2) is 170 Å². The molecule has 8 aromatic carbocycles. The molecule has 0 saturated heterocycles. The quantitative estimate of drug-likeness (QED) is 0.171. The molecule has 0 N–H and O–H groups in total. The number of anilines is 3. The fraction of sp³-hybridized carbons (Fsp3) is 0.132. The van der Waals surface area contributed by atoms with Crippen LogP contribution >= 0.6 is 11.3 Å². The van der Waals surface area contributed by atoms with Gasteiger partial charge in [0.25, 0.3) is 0 Å². The van der Waals surface area contributed by atoms with Gasteiger partial charge >= 0.3 is 0 Å². The lowest BCUT2D eigenvalue weighted by Crippen LogP contribution is -2.15. The second kappa shape index (κ2) is 12.5. The number of benzene rings is 8. The van der Waals surface area contributed by atoms with E-state index in [1.165, 1.54) is 81.0 Å². The van der Waals surface area contributed by atoms with Crippen molar-refractivity contribution in [1.82, 2.24) is 0 Å². The normalized spacial score (nSPS) is 13.3. The zero-order valence-corrected chi connectivity index (χ0v) is 32.8. The van der Waals surface area contributed by atoms with Crippen molar-refractivity contribution in [3.63, 3.8) is 0 Å². The van der Waals surface area contributed by atoms with Gasteiger partial charge in [-0.15, -0.1) is 11.3 Å². The smallest absolute Gasteiger partial charge is 0.0546 e. The minimum Gasteiger partial charge on any atom is -0.310 e. The minimum absolute atomic E-state index is 0.0632. The van der Waals surface area contributed by atoms with Crippen LogP contribution in [0.1, 0.15) is 51.3 Å². The van der Waals surface area contributed by atoms with Crippen molar-refractivity contribution in [3.05, 3.63) is 187 Å². The summed E-state index contributed by atoms with van der Waals surface area (Å²) in [5, 5.41) is 5.10. The van der Waals surface area contributed by atoms with Crippen LogP contribution in [0.25, 0.3) is 64.3 Å². The molecule has 9 aromatic rings. The highest BCUT2D eigenvalue weighted by Gasteiger charge is 2.35. The monoisotopic (exact) mass is 725 g/mol. The molecule has 55 heavy (non-hydrogen) atoms. The van der Waals surface area contributed by atoms with E-state index in [0.29, 0.717) is 0 Å². The molecule has 0 amide bonds. The highest BCUT2D eigenvalue weighted by Crippen LogP contribution is 2.52. The van der Waals surface area contributed by atoms with Gasteiger partial charge in [-0.3, -0.25) is 0 Å². The Morgan fingerprint density at radius 3 is 1.87 bits per heavy atom. The molecule has 0 fully saturated rings. The van der Waals surface area contributed by atoms with E-state index in [0.717, 1.165) is 17.1 Å². The van der Waals surface area contributed by atoms with Crippen molar-refractivity contribution in [2.45, 2.75) is 45.4 Å². The summed E-state index contributed by atoms with van der Waals surface area (Å²) in [7, 11) is 0. The Morgan fingerprint density at radius 2 is 1.09 bits per heavy atom. The first kappa shape index (κ1) is 33.6. The van der Waals surface area contributed by atoms with Crippen LogP contribution < -0.4 is 4.90 Å². The molecular formula is C53H43NS. The average molecular weight is 726 g/mol. The van der Waals surface area contributed by atoms with Crippen LogP contribution in [0.3, 0.4) is 0 Å². The number of rotatable bonds is 5. The van der Waals surface area contributed by atoms with Gasteiger partial charge in [0.15, 0.2) is 0 Å². The zero-order chi connectivity index (χ0) is 37.5. The predicted octanol–water partition coefficient (Wildman–Crippen LogP) is 15.6. The first-order valence-corrected chi connectivity index (χ1v) is 20.2. The number of hydrogen-bond acceptors (Lipinski definition) is 2. The second-order valence-corrected chi connectivity index (χ2v) is 17.7. The van der Waals surface area contributed by atoms with Gasteiger partial charge in [0.2, 0.25) is 0 Å². The molecule has 2 heteroatoms. The first-order chi connectivity index (χ1) is 26.6. The van der Waals surface area contributed by atoms with Crippen LogP contribution in [0.5, 0.6) is 0 Å². The Balaban J connectivity index is 1.20. The van der Waals surface area contributed by atoms with Gasteiger partial charge in [-0.25, -0.2) is 0 Å². The summed E-state index contributed by atoms with van der Waals surface area (Å²) < 4.78 is 2.64. The van der Waals surface area contributed by atoms with E-state index in [-0.39, 0.29) is 10.8 Å². The maximum Gasteiger partial charge on any atom is 0.0546 e. The molecule has 1 nitrogen and oxygen atoms in total. The molecule has 0 saturated carbocycles. The lowest BCUT2D eigenvalue weighted by Gasteiger charge is -2.30. The molecule has 1 heterocycles. The fourth-order valence-corrected chi connectivity index (χ4v) is 9.96. The van der Waals surface area contributed by atoms with Crippen LogP contribution in [0, 0.1) is 0 Å². The molecule has 10 rings (SSSR count). The van der Waals surface area contributed by atoms with Gasteiger partial charge in [-0.1, -0.05) is 156 Å². The number of fused-ring (bicyclic) bond motifs is 7. The Morgan fingerprint density at radius 1 is 0.473 bits per heavy atom. The molecule has 0 aliphatic heterocycles. The van der Waals surface area contributed by atoms with E-state index in [1.807, 2.05) is 11.3 Å². The van der Waals surface area contributed by atoms with Crippen molar-refractivity contribution < 1.29 is 0 Å². The third-order valence-corrected chi connectivity index (χ3v) is 13.0. The predicted molar refractivity (Wildman–Crippen MR) is 239 cm³/mol. The maximum absolute atomic E-state index is 2.48. The van der Waals surface area contributed by atoms with Crippen molar-refractivity contribution >= 4 is 59.3 Å². The van der Waals surface area contributed by atoms with Crippen LogP contribution in [-0.2, 0) is 10.8 Å². The summed E-state index contributed by atoms with van der Waals surface area (Å²) in [6.07, 6.45) is 0. The molecule has 266 valence electrons. The lowest BCUT2D eigenvalue weighted by molar-refractivity contribution is 0.590. The summed E-state index contributed by atoms with van der Waals surface area (Å²) in [6, 6.07) is 63.6. The average Bonchev–Trinajstić information content (AvgIpc) is 3.69. The molecule has 1 aromatic heterocycles. The largest absolute Gasteiger partial charge is 0.310 e. The molecule has 0 spiro atoms. The molecule has 0 unspecified atom stereocenters. The van der Waals surface area contributed by atoms with Gasteiger partial charge in [0.1, 0.15) is 0 Å². The van der Waals surface area contributed by atoms with Crippen LogP contribution in [0.4, 0.5) is 17.1 Å². The minimum atomic E-state index is -0.0632. The van der Waals surface area contributed by atoms with Gasteiger partial charge in [0.05, 0.1) is 5.69 Å². The van der Waals surface area contributed by atoms with E-state index in [4.69, 9.17) is 0 Å². The summed E-state index contributed by atoms with van der Waals surface area (Å²) in [5.74, 6) is 0.